The average molecular weight is 373 g/mol. The lowest BCUT2D eigenvalue weighted by atomic mass is 10.2. The summed E-state index contributed by atoms with van der Waals surface area (Å²) < 4.78 is 12.5. The minimum Gasteiger partial charge on any atom is -0.497 e. The number of likely N-dealkylation sites (N-methyl/N-ethyl adjacent to an activating group) is 1. The maximum atomic E-state index is 12.7. The Morgan fingerprint density at radius 1 is 1.12 bits per heavy atom. The van der Waals surface area contributed by atoms with Crippen LogP contribution in [0.1, 0.15) is 5.56 Å². The number of fused-ring (bicyclic) bond motifs is 1. The lowest BCUT2D eigenvalue weighted by Gasteiger charge is -2.19. The van der Waals surface area contributed by atoms with Crippen molar-refractivity contribution in [3.05, 3.63) is 59.2 Å². The molecule has 3 aromatic rings. The Labute approximate surface area is 157 Å². The number of hydrogen-bond donors (Lipinski definition) is 0. The zero-order valence-electron chi connectivity index (χ0n) is 15.0. The van der Waals surface area contributed by atoms with Gasteiger partial charge in [-0.2, -0.15) is 0 Å². The molecule has 0 saturated heterocycles. The number of carbonyl (C=O) groups is 1. The van der Waals surface area contributed by atoms with E-state index in [1.165, 1.54) is 0 Å². The molecule has 136 valence electrons. The van der Waals surface area contributed by atoms with Gasteiger partial charge in [-0.15, -0.1) is 0 Å². The van der Waals surface area contributed by atoms with Gasteiger partial charge in [0.1, 0.15) is 18.0 Å². The van der Waals surface area contributed by atoms with Gasteiger partial charge < -0.3 is 18.9 Å². The first-order chi connectivity index (χ1) is 12.5. The summed E-state index contributed by atoms with van der Waals surface area (Å²) in [4.78, 5) is 14.3. The summed E-state index contributed by atoms with van der Waals surface area (Å²) in [6.45, 7) is 0.685. The summed E-state index contributed by atoms with van der Waals surface area (Å²) in [6, 6.07) is 13.2. The van der Waals surface area contributed by atoms with Gasteiger partial charge >= 0.3 is 0 Å². The van der Waals surface area contributed by atoms with Gasteiger partial charge in [-0.05, 0) is 42.5 Å². The van der Waals surface area contributed by atoms with E-state index in [0.717, 1.165) is 22.2 Å². The molecular formula is C20H21ClN2O3. The lowest BCUT2D eigenvalue weighted by molar-refractivity contribution is -0.131. The molecule has 0 bridgehead atoms. The van der Waals surface area contributed by atoms with Crippen LogP contribution in [0.3, 0.4) is 0 Å². The van der Waals surface area contributed by atoms with E-state index in [1.807, 2.05) is 47.2 Å². The summed E-state index contributed by atoms with van der Waals surface area (Å²) >= 11 is 6.07. The van der Waals surface area contributed by atoms with Crippen molar-refractivity contribution in [1.29, 1.82) is 0 Å². The molecule has 6 heteroatoms. The van der Waals surface area contributed by atoms with Crippen LogP contribution < -0.4 is 9.47 Å². The monoisotopic (exact) mass is 372 g/mol. The third-order valence-corrected chi connectivity index (χ3v) is 4.59. The molecule has 1 heterocycles. The number of carbonyl (C=O) groups excluding carboxylic acids is 1. The molecule has 0 saturated carbocycles. The van der Waals surface area contributed by atoms with Gasteiger partial charge in [-0.3, -0.25) is 4.79 Å². The zero-order valence-corrected chi connectivity index (χ0v) is 15.8. The van der Waals surface area contributed by atoms with Gasteiger partial charge in [0, 0.05) is 41.3 Å². The molecule has 0 fully saturated rings. The Morgan fingerprint density at radius 3 is 2.65 bits per heavy atom. The van der Waals surface area contributed by atoms with Crippen LogP contribution in [-0.2, 0) is 17.9 Å². The fourth-order valence-electron chi connectivity index (χ4n) is 2.92. The Bertz CT molecular complexity index is 936. The summed E-state index contributed by atoms with van der Waals surface area (Å²) in [5.74, 6) is 1.51. The van der Waals surface area contributed by atoms with E-state index in [4.69, 9.17) is 21.1 Å². The molecule has 5 nitrogen and oxygen atoms in total. The molecular weight excluding hydrogens is 352 g/mol. The minimum absolute atomic E-state index is 0.000321. The molecule has 3 rings (SSSR count). The maximum absolute atomic E-state index is 12.7. The SMILES string of the molecule is COc1ccc2c(ccn2CC(=O)N(C)Cc2cc(Cl)ccc2OC)c1. The van der Waals surface area contributed by atoms with Crippen LogP contribution in [-0.4, -0.2) is 36.6 Å². The lowest BCUT2D eigenvalue weighted by Crippen LogP contribution is -2.29. The van der Waals surface area contributed by atoms with Gasteiger partial charge in [-0.1, -0.05) is 11.6 Å². The van der Waals surface area contributed by atoms with Crippen LogP contribution in [0, 0.1) is 0 Å². The van der Waals surface area contributed by atoms with E-state index in [2.05, 4.69) is 0 Å². The third-order valence-electron chi connectivity index (χ3n) is 4.36. The number of hydrogen-bond acceptors (Lipinski definition) is 3. The molecule has 0 unspecified atom stereocenters. The molecule has 2 aromatic carbocycles. The minimum atomic E-state index is 0.000321. The molecule has 0 aliphatic heterocycles. The largest absolute Gasteiger partial charge is 0.497 e. The summed E-state index contributed by atoms with van der Waals surface area (Å²) in [5, 5.41) is 1.66. The van der Waals surface area contributed by atoms with Gasteiger partial charge in [-0.25, -0.2) is 0 Å². The smallest absolute Gasteiger partial charge is 0.242 e. The standard InChI is InChI=1S/C20H21ClN2O3/c1-22(12-15-10-16(21)4-7-19(15)26-3)20(24)13-23-9-8-14-11-17(25-2)5-6-18(14)23/h4-11H,12-13H2,1-3H3. The Hall–Kier alpha value is -2.66. The molecule has 0 spiro atoms. The van der Waals surface area contributed by atoms with E-state index in [9.17, 15) is 4.79 Å². The second-order valence-corrected chi connectivity index (χ2v) is 6.51. The van der Waals surface area contributed by atoms with Gasteiger partial charge in [0.15, 0.2) is 0 Å². The van der Waals surface area contributed by atoms with Crippen molar-refractivity contribution in [1.82, 2.24) is 9.47 Å². The van der Waals surface area contributed by atoms with E-state index >= 15 is 0 Å². The molecule has 0 N–H and O–H groups in total. The normalized spacial score (nSPS) is 10.8. The number of benzene rings is 2. The highest BCUT2D eigenvalue weighted by Gasteiger charge is 2.14. The van der Waals surface area contributed by atoms with Gasteiger partial charge in [0.05, 0.1) is 14.2 Å². The second kappa shape index (κ2) is 7.70. The molecule has 0 aliphatic carbocycles. The zero-order chi connectivity index (χ0) is 18.7. The number of rotatable bonds is 6. The van der Waals surface area contributed by atoms with Crippen molar-refractivity contribution in [2.45, 2.75) is 13.1 Å². The summed E-state index contributed by atoms with van der Waals surface area (Å²) in [6.07, 6.45) is 1.91. The first-order valence-electron chi connectivity index (χ1n) is 8.21. The maximum Gasteiger partial charge on any atom is 0.242 e. The number of amides is 1. The number of nitrogens with zero attached hydrogens (tertiary/aromatic N) is 2. The van der Waals surface area contributed by atoms with Gasteiger partial charge in [0.25, 0.3) is 0 Å². The predicted molar refractivity (Wildman–Crippen MR) is 103 cm³/mol. The average Bonchev–Trinajstić information content (AvgIpc) is 3.03. The molecule has 26 heavy (non-hydrogen) atoms. The highest BCUT2D eigenvalue weighted by atomic mass is 35.5. The van der Waals surface area contributed by atoms with Crippen molar-refractivity contribution in [3.63, 3.8) is 0 Å². The van der Waals surface area contributed by atoms with Crippen molar-refractivity contribution in [2.75, 3.05) is 21.3 Å². The Kier molecular flexibility index (Phi) is 5.38. The van der Waals surface area contributed by atoms with Crippen LogP contribution in [0.2, 0.25) is 5.02 Å². The molecule has 1 aromatic heterocycles. The van der Waals surface area contributed by atoms with Gasteiger partial charge in [0.2, 0.25) is 5.91 Å². The first-order valence-corrected chi connectivity index (χ1v) is 8.59. The number of methoxy groups -OCH3 is 2. The fraction of sp³-hybridized carbons (Fsp3) is 0.250. The van der Waals surface area contributed by atoms with Crippen LogP contribution in [0.15, 0.2) is 48.7 Å². The van der Waals surface area contributed by atoms with Crippen LogP contribution in [0.25, 0.3) is 10.9 Å². The second-order valence-electron chi connectivity index (χ2n) is 6.07. The molecule has 0 aliphatic rings. The third kappa shape index (κ3) is 3.78. The quantitative estimate of drug-likeness (QED) is 0.657. The Morgan fingerprint density at radius 2 is 1.92 bits per heavy atom. The van der Waals surface area contributed by atoms with Crippen LogP contribution in [0.4, 0.5) is 0 Å². The van der Waals surface area contributed by atoms with Crippen LogP contribution >= 0.6 is 11.6 Å². The number of halogens is 1. The number of aromatic nitrogens is 1. The van der Waals surface area contributed by atoms with Crippen molar-refractivity contribution < 1.29 is 14.3 Å². The highest BCUT2D eigenvalue weighted by Crippen LogP contribution is 2.24. The highest BCUT2D eigenvalue weighted by molar-refractivity contribution is 6.30. The number of ether oxygens (including phenoxy) is 2. The van der Waals surface area contributed by atoms with E-state index < -0.39 is 0 Å². The first kappa shape index (κ1) is 18.1. The molecule has 1 amide bonds. The fourth-order valence-corrected chi connectivity index (χ4v) is 3.12. The van der Waals surface area contributed by atoms with E-state index in [0.29, 0.717) is 17.3 Å². The topological polar surface area (TPSA) is 43.7 Å². The van der Waals surface area contributed by atoms with Crippen molar-refractivity contribution in [2.24, 2.45) is 0 Å². The van der Waals surface area contributed by atoms with Crippen LogP contribution in [0.5, 0.6) is 11.5 Å². The molecule has 0 atom stereocenters. The molecule has 0 radical (unpaired) electrons. The van der Waals surface area contributed by atoms with Crippen molar-refractivity contribution in [3.8, 4) is 11.5 Å². The summed E-state index contributed by atoms with van der Waals surface area (Å²) in [7, 11) is 5.02. The summed E-state index contributed by atoms with van der Waals surface area (Å²) in [5.41, 5.74) is 1.87. The van der Waals surface area contributed by atoms with Crippen molar-refractivity contribution >= 4 is 28.4 Å². The predicted octanol–water partition coefficient (Wildman–Crippen LogP) is 3.97. The van der Waals surface area contributed by atoms with E-state index in [-0.39, 0.29) is 12.5 Å². The van der Waals surface area contributed by atoms with E-state index in [1.54, 1.807) is 32.2 Å². The Balaban J connectivity index is 1.75.